The van der Waals surface area contributed by atoms with Gasteiger partial charge in [-0.2, -0.15) is 0 Å². The maximum Gasteiger partial charge on any atom is 0.0583 e. The van der Waals surface area contributed by atoms with Crippen LogP contribution in [0.5, 0.6) is 0 Å². The van der Waals surface area contributed by atoms with Crippen LogP contribution < -0.4 is 0 Å². The zero-order chi connectivity index (χ0) is 7.68. The van der Waals surface area contributed by atoms with Crippen molar-refractivity contribution in [1.82, 2.24) is 4.98 Å². The molecule has 0 aliphatic carbocycles. The highest BCUT2D eigenvalue weighted by Gasteiger charge is 1.99. The predicted octanol–water partition coefficient (Wildman–Crippen LogP) is 3.07. The van der Waals surface area contributed by atoms with Crippen molar-refractivity contribution in [2.45, 2.75) is 0 Å². The van der Waals surface area contributed by atoms with Gasteiger partial charge in [-0.05, 0) is 11.6 Å². The number of nitrogens with one attached hydrogen (secondary N) is 1. The molecular weight excluding hydrogens is 202 g/mol. The Bertz CT molecular complexity index is 364. The first-order chi connectivity index (χ1) is 5.42. The molecule has 1 aromatic carbocycles. The Morgan fingerprint density at radius 1 is 1.27 bits per heavy atom. The van der Waals surface area contributed by atoms with E-state index in [1.165, 1.54) is 16.5 Å². The van der Waals surface area contributed by atoms with E-state index in [1.807, 2.05) is 23.7 Å². The predicted molar refractivity (Wildman–Crippen MR) is 50.6 cm³/mol. The van der Waals surface area contributed by atoms with E-state index in [4.69, 9.17) is 0 Å². The van der Waals surface area contributed by atoms with Gasteiger partial charge in [0.15, 0.2) is 0 Å². The number of halogens is 1. The van der Waals surface area contributed by atoms with Gasteiger partial charge in [-0.1, -0.05) is 34.1 Å². The zero-order valence-electron chi connectivity index (χ0n) is 5.84. The fourth-order valence-corrected chi connectivity index (χ4v) is 1.56. The largest absolute Gasteiger partial charge is 0.361 e. The first-order valence-corrected chi connectivity index (χ1v) is 4.33. The first-order valence-electron chi connectivity index (χ1n) is 3.41. The van der Waals surface area contributed by atoms with Gasteiger partial charge < -0.3 is 4.98 Å². The van der Waals surface area contributed by atoms with Crippen LogP contribution in [0.3, 0.4) is 0 Å². The van der Waals surface area contributed by atoms with Gasteiger partial charge in [-0.3, -0.25) is 0 Å². The fourth-order valence-electron chi connectivity index (χ4n) is 1.18. The second-order valence-corrected chi connectivity index (χ2v) is 2.86. The first kappa shape index (κ1) is 6.92. The number of rotatable bonds is 1. The summed E-state index contributed by atoms with van der Waals surface area (Å²) >= 11 is 3.31. The summed E-state index contributed by atoms with van der Waals surface area (Å²) in [5.41, 5.74) is 2.37. The lowest BCUT2D eigenvalue weighted by atomic mass is 10.2. The molecule has 0 saturated heterocycles. The Kier molecular flexibility index (Phi) is 1.70. The van der Waals surface area contributed by atoms with Crippen LogP contribution in [0, 0.1) is 5.33 Å². The Hall–Kier alpha value is -0.760. The van der Waals surface area contributed by atoms with E-state index in [9.17, 15) is 0 Å². The SMILES string of the molecule is Br[CH]c1c[nH]c2ccccc12. The molecule has 0 amide bonds. The van der Waals surface area contributed by atoms with E-state index < -0.39 is 0 Å². The molecule has 0 spiro atoms. The Morgan fingerprint density at radius 2 is 2.09 bits per heavy atom. The van der Waals surface area contributed by atoms with Gasteiger partial charge in [-0.25, -0.2) is 0 Å². The minimum Gasteiger partial charge on any atom is -0.361 e. The fraction of sp³-hybridized carbons (Fsp3) is 0. The van der Waals surface area contributed by atoms with Crippen molar-refractivity contribution in [2.75, 3.05) is 0 Å². The topological polar surface area (TPSA) is 15.8 Å². The van der Waals surface area contributed by atoms with Crippen molar-refractivity contribution >= 4 is 26.8 Å². The summed E-state index contributed by atoms with van der Waals surface area (Å²) < 4.78 is 0. The van der Waals surface area contributed by atoms with Crippen LogP contribution in [0.2, 0.25) is 0 Å². The summed E-state index contributed by atoms with van der Waals surface area (Å²) in [6.07, 6.45) is 1.99. The van der Waals surface area contributed by atoms with Gasteiger partial charge in [-0.15, -0.1) is 0 Å². The Morgan fingerprint density at radius 3 is 2.91 bits per heavy atom. The molecule has 11 heavy (non-hydrogen) atoms. The molecule has 0 bridgehead atoms. The molecule has 2 aromatic rings. The lowest BCUT2D eigenvalue weighted by molar-refractivity contribution is 1.46. The molecule has 0 aliphatic heterocycles. The van der Waals surface area contributed by atoms with Crippen LogP contribution in [0.15, 0.2) is 30.5 Å². The number of hydrogen-bond acceptors (Lipinski definition) is 0. The maximum absolute atomic E-state index is 3.31. The smallest absolute Gasteiger partial charge is 0.0583 e. The molecule has 0 atom stereocenters. The normalized spacial score (nSPS) is 10.6. The molecule has 1 aromatic heterocycles. The van der Waals surface area contributed by atoms with E-state index in [-0.39, 0.29) is 0 Å². The number of para-hydroxylation sites is 1. The minimum absolute atomic E-state index is 1.18. The van der Waals surface area contributed by atoms with Crippen LogP contribution >= 0.6 is 15.9 Å². The Balaban J connectivity index is 2.76. The number of H-pyrrole nitrogens is 1. The van der Waals surface area contributed by atoms with Gasteiger partial charge in [0, 0.05) is 17.1 Å². The van der Waals surface area contributed by atoms with E-state index in [1.54, 1.807) is 0 Å². The van der Waals surface area contributed by atoms with E-state index in [2.05, 4.69) is 33.0 Å². The third-order valence-corrected chi connectivity index (χ3v) is 2.23. The highest BCUT2D eigenvalue weighted by molar-refractivity contribution is 9.10. The summed E-state index contributed by atoms with van der Waals surface area (Å²) in [7, 11) is 0. The quantitative estimate of drug-likeness (QED) is 0.742. The third-order valence-electron chi connectivity index (χ3n) is 1.74. The van der Waals surface area contributed by atoms with Crippen LogP contribution in [0.4, 0.5) is 0 Å². The van der Waals surface area contributed by atoms with Crippen LogP contribution in [-0.4, -0.2) is 4.98 Å². The molecule has 2 rings (SSSR count). The zero-order valence-corrected chi connectivity index (χ0v) is 7.43. The minimum atomic E-state index is 1.18. The molecule has 1 N–H and O–H groups in total. The van der Waals surface area contributed by atoms with Gasteiger partial charge in [0.2, 0.25) is 0 Å². The molecular formula is C9H7BrN. The standard InChI is InChI=1S/C9H7BrN/c10-5-7-6-11-9-4-2-1-3-8(7)9/h1-6,11H. The number of fused-ring (bicyclic) bond motifs is 1. The number of aromatic nitrogens is 1. The van der Waals surface area contributed by atoms with Crippen LogP contribution in [0.1, 0.15) is 5.56 Å². The van der Waals surface area contributed by atoms with E-state index in [0.717, 1.165) is 0 Å². The average Bonchev–Trinajstić information content (AvgIpc) is 2.47. The monoisotopic (exact) mass is 208 g/mol. The van der Waals surface area contributed by atoms with Crippen LogP contribution in [0.25, 0.3) is 10.9 Å². The highest BCUT2D eigenvalue weighted by atomic mass is 79.9. The number of aromatic amines is 1. The van der Waals surface area contributed by atoms with Gasteiger partial charge in [0.05, 0.1) is 5.33 Å². The molecule has 55 valence electrons. The van der Waals surface area contributed by atoms with Crippen molar-refractivity contribution < 1.29 is 0 Å². The molecule has 0 saturated carbocycles. The van der Waals surface area contributed by atoms with Gasteiger partial charge in [0.25, 0.3) is 0 Å². The molecule has 0 unspecified atom stereocenters. The second-order valence-electron chi connectivity index (χ2n) is 2.40. The second kappa shape index (κ2) is 2.70. The lowest BCUT2D eigenvalue weighted by Gasteiger charge is -1.89. The van der Waals surface area contributed by atoms with Crippen molar-refractivity contribution in [3.63, 3.8) is 0 Å². The van der Waals surface area contributed by atoms with Crippen molar-refractivity contribution in [3.05, 3.63) is 41.4 Å². The average molecular weight is 209 g/mol. The highest BCUT2D eigenvalue weighted by Crippen LogP contribution is 2.20. The van der Waals surface area contributed by atoms with E-state index in [0.29, 0.717) is 0 Å². The van der Waals surface area contributed by atoms with Crippen molar-refractivity contribution in [1.29, 1.82) is 0 Å². The molecule has 1 heterocycles. The molecule has 2 heteroatoms. The molecule has 0 fully saturated rings. The van der Waals surface area contributed by atoms with Crippen LogP contribution in [-0.2, 0) is 0 Å². The lowest BCUT2D eigenvalue weighted by Crippen LogP contribution is -1.68. The van der Waals surface area contributed by atoms with Crippen molar-refractivity contribution in [3.8, 4) is 0 Å². The third kappa shape index (κ3) is 1.07. The van der Waals surface area contributed by atoms with Gasteiger partial charge in [0.1, 0.15) is 0 Å². The summed E-state index contributed by atoms with van der Waals surface area (Å²) in [4.78, 5) is 3.18. The molecule has 0 aliphatic rings. The molecule has 1 nitrogen and oxygen atoms in total. The maximum atomic E-state index is 3.31. The summed E-state index contributed by atoms with van der Waals surface area (Å²) in [5, 5.41) is 3.18. The number of hydrogen-bond donors (Lipinski definition) is 1. The number of benzene rings is 1. The van der Waals surface area contributed by atoms with Gasteiger partial charge >= 0.3 is 0 Å². The Labute approximate surface area is 73.6 Å². The summed E-state index contributed by atoms with van der Waals surface area (Å²) in [6, 6.07) is 8.22. The van der Waals surface area contributed by atoms with E-state index >= 15 is 0 Å². The summed E-state index contributed by atoms with van der Waals surface area (Å²) in [6.45, 7) is 0. The van der Waals surface area contributed by atoms with Crippen molar-refractivity contribution in [2.24, 2.45) is 0 Å². The summed E-state index contributed by atoms with van der Waals surface area (Å²) in [5.74, 6) is 0. The molecule has 1 radical (unpaired) electrons.